The fraction of sp³-hybridized carbons (Fsp3) is 0.379. The van der Waals surface area contributed by atoms with Crippen LogP contribution in [0.5, 0.6) is 17.2 Å². The Morgan fingerprint density at radius 2 is 1.66 bits per heavy atom. The van der Waals surface area contributed by atoms with Gasteiger partial charge in [0.15, 0.2) is 28.6 Å². The van der Waals surface area contributed by atoms with E-state index in [-0.39, 0.29) is 17.2 Å². The standard InChI is InChI=1S/C29H31ClN2O6/c1-35-21-6-4-5-20-17-23(38-26(20)21)28(34)31-14-11-29(12-15-31)13-16-32(18-29)24(33)10-8-19-7-9-22(36-2)27(37-3)25(19)30/h4-10,17H,11-16,18H2,1-3H3/b10-8+. The van der Waals surface area contributed by atoms with Crippen molar-refractivity contribution in [3.8, 4) is 17.2 Å². The molecule has 3 heterocycles. The Balaban J connectivity index is 1.20. The van der Waals surface area contributed by atoms with Crippen LogP contribution in [0.15, 0.2) is 46.9 Å². The van der Waals surface area contributed by atoms with Gasteiger partial charge in [-0.05, 0) is 60.6 Å². The molecule has 8 nitrogen and oxygen atoms in total. The molecule has 3 aromatic rings. The molecule has 38 heavy (non-hydrogen) atoms. The number of methoxy groups -OCH3 is 3. The number of nitrogens with zero attached hydrogens (tertiary/aromatic N) is 2. The summed E-state index contributed by atoms with van der Waals surface area (Å²) in [5.41, 5.74) is 1.29. The van der Waals surface area contributed by atoms with Crippen molar-refractivity contribution in [1.82, 2.24) is 9.80 Å². The van der Waals surface area contributed by atoms with Crippen molar-refractivity contribution in [3.63, 3.8) is 0 Å². The van der Waals surface area contributed by atoms with Gasteiger partial charge in [-0.3, -0.25) is 9.59 Å². The van der Waals surface area contributed by atoms with E-state index in [0.29, 0.717) is 65.4 Å². The van der Waals surface area contributed by atoms with E-state index in [0.717, 1.165) is 24.6 Å². The summed E-state index contributed by atoms with van der Waals surface area (Å²) in [4.78, 5) is 29.9. The Kier molecular flexibility index (Phi) is 7.25. The van der Waals surface area contributed by atoms with Gasteiger partial charge in [-0.1, -0.05) is 23.7 Å². The number of ether oxygens (including phenoxy) is 3. The summed E-state index contributed by atoms with van der Waals surface area (Å²) in [5, 5.41) is 1.24. The van der Waals surface area contributed by atoms with Crippen LogP contribution in [0.4, 0.5) is 0 Å². The van der Waals surface area contributed by atoms with Crippen LogP contribution in [0.3, 0.4) is 0 Å². The molecule has 0 atom stereocenters. The lowest BCUT2D eigenvalue weighted by Gasteiger charge is -2.38. The number of carbonyl (C=O) groups excluding carboxylic acids is 2. The molecule has 1 spiro atoms. The average molecular weight is 539 g/mol. The molecule has 5 rings (SSSR count). The summed E-state index contributed by atoms with van der Waals surface area (Å²) < 4.78 is 21.8. The molecule has 1 aromatic heterocycles. The van der Waals surface area contributed by atoms with Gasteiger partial charge < -0.3 is 28.4 Å². The van der Waals surface area contributed by atoms with E-state index in [4.69, 9.17) is 30.2 Å². The molecule has 2 saturated heterocycles. The number of fused-ring (bicyclic) bond motifs is 1. The van der Waals surface area contributed by atoms with Crippen molar-refractivity contribution in [2.24, 2.45) is 5.41 Å². The second kappa shape index (κ2) is 10.6. The Morgan fingerprint density at radius 1 is 0.947 bits per heavy atom. The third-order valence-electron chi connectivity index (χ3n) is 7.72. The van der Waals surface area contributed by atoms with Crippen molar-refractivity contribution in [1.29, 1.82) is 0 Å². The van der Waals surface area contributed by atoms with Gasteiger partial charge in [0, 0.05) is 37.6 Å². The molecule has 9 heteroatoms. The summed E-state index contributed by atoms with van der Waals surface area (Å²) in [6.45, 7) is 2.64. The molecule has 200 valence electrons. The zero-order valence-electron chi connectivity index (χ0n) is 21.8. The first-order valence-electron chi connectivity index (χ1n) is 12.6. The number of benzene rings is 2. The SMILES string of the molecule is COc1ccc(/C=C/C(=O)N2CCC3(CCN(C(=O)c4cc5cccc(OC)c5o4)CC3)C2)c(Cl)c1OC. The van der Waals surface area contributed by atoms with Gasteiger partial charge in [-0.2, -0.15) is 0 Å². The minimum Gasteiger partial charge on any atom is -0.493 e. The number of rotatable bonds is 6. The first-order valence-corrected chi connectivity index (χ1v) is 13.0. The fourth-order valence-corrected chi connectivity index (χ4v) is 5.77. The summed E-state index contributed by atoms with van der Waals surface area (Å²) in [5.74, 6) is 1.74. The topological polar surface area (TPSA) is 81.5 Å². The van der Waals surface area contributed by atoms with Crippen LogP contribution in [0, 0.1) is 5.41 Å². The van der Waals surface area contributed by atoms with Crippen LogP contribution in [-0.2, 0) is 4.79 Å². The molecule has 0 aliphatic carbocycles. The largest absolute Gasteiger partial charge is 0.493 e. The highest BCUT2D eigenvalue weighted by Crippen LogP contribution is 2.41. The maximum atomic E-state index is 13.2. The van der Waals surface area contributed by atoms with Gasteiger partial charge >= 0.3 is 0 Å². The minimum absolute atomic E-state index is 0.0261. The van der Waals surface area contributed by atoms with Crippen LogP contribution < -0.4 is 14.2 Å². The highest BCUT2D eigenvalue weighted by atomic mass is 35.5. The lowest BCUT2D eigenvalue weighted by atomic mass is 9.77. The predicted molar refractivity (Wildman–Crippen MR) is 145 cm³/mol. The third-order valence-corrected chi connectivity index (χ3v) is 8.11. The highest BCUT2D eigenvalue weighted by molar-refractivity contribution is 6.33. The summed E-state index contributed by atoms with van der Waals surface area (Å²) in [6, 6.07) is 10.9. The van der Waals surface area contributed by atoms with Gasteiger partial charge in [-0.25, -0.2) is 0 Å². The molecule has 2 aliphatic heterocycles. The monoisotopic (exact) mass is 538 g/mol. The molecular formula is C29H31ClN2O6. The van der Waals surface area contributed by atoms with Gasteiger partial charge in [-0.15, -0.1) is 0 Å². The fourth-order valence-electron chi connectivity index (χ4n) is 5.47. The van der Waals surface area contributed by atoms with E-state index in [1.54, 1.807) is 44.6 Å². The van der Waals surface area contributed by atoms with E-state index >= 15 is 0 Å². The van der Waals surface area contributed by atoms with Crippen LogP contribution in [0.1, 0.15) is 35.4 Å². The van der Waals surface area contributed by atoms with Gasteiger partial charge in [0.2, 0.25) is 5.91 Å². The molecule has 0 N–H and O–H groups in total. The Hall–Kier alpha value is -3.65. The molecular weight excluding hydrogens is 508 g/mol. The predicted octanol–water partition coefficient (Wildman–Crippen LogP) is 5.28. The molecule has 0 unspecified atom stereocenters. The number of hydrogen-bond donors (Lipinski definition) is 0. The number of halogens is 1. The van der Waals surface area contributed by atoms with E-state index in [2.05, 4.69) is 0 Å². The molecule has 2 aromatic carbocycles. The van der Waals surface area contributed by atoms with Crippen LogP contribution in [0.25, 0.3) is 17.0 Å². The normalized spacial score (nSPS) is 16.9. The van der Waals surface area contributed by atoms with Gasteiger partial charge in [0.1, 0.15) is 0 Å². The number of hydrogen-bond acceptors (Lipinski definition) is 6. The van der Waals surface area contributed by atoms with E-state index in [9.17, 15) is 9.59 Å². The second-order valence-corrected chi connectivity index (χ2v) is 10.2. The van der Waals surface area contributed by atoms with E-state index in [1.807, 2.05) is 28.0 Å². The van der Waals surface area contributed by atoms with Crippen LogP contribution >= 0.6 is 11.6 Å². The molecule has 2 aliphatic rings. The molecule has 2 amide bonds. The number of likely N-dealkylation sites (tertiary alicyclic amines) is 2. The molecule has 0 radical (unpaired) electrons. The lowest BCUT2D eigenvalue weighted by molar-refractivity contribution is -0.125. The van der Waals surface area contributed by atoms with Gasteiger partial charge in [0.05, 0.1) is 26.4 Å². The maximum Gasteiger partial charge on any atom is 0.289 e. The van der Waals surface area contributed by atoms with Crippen molar-refractivity contribution in [2.75, 3.05) is 47.5 Å². The lowest BCUT2D eigenvalue weighted by Crippen LogP contribution is -2.44. The zero-order valence-corrected chi connectivity index (χ0v) is 22.5. The van der Waals surface area contributed by atoms with Crippen molar-refractivity contribution in [2.45, 2.75) is 19.3 Å². The summed E-state index contributed by atoms with van der Waals surface area (Å²) in [6.07, 6.45) is 5.88. The van der Waals surface area contributed by atoms with Crippen molar-refractivity contribution < 1.29 is 28.2 Å². The Bertz CT molecular complexity index is 1390. The summed E-state index contributed by atoms with van der Waals surface area (Å²) in [7, 11) is 4.66. The summed E-state index contributed by atoms with van der Waals surface area (Å²) >= 11 is 6.45. The second-order valence-electron chi connectivity index (χ2n) is 9.83. The van der Waals surface area contributed by atoms with Crippen LogP contribution in [-0.4, -0.2) is 69.1 Å². The molecule has 0 saturated carbocycles. The minimum atomic E-state index is -0.112. The molecule has 2 fully saturated rings. The first-order chi connectivity index (χ1) is 18.4. The quantitative estimate of drug-likeness (QED) is 0.397. The van der Waals surface area contributed by atoms with Crippen LogP contribution in [0.2, 0.25) is 5.02 Å². The first kappa shape index (κ1) is 26.0. The maximum absolute atomic E-state index is 13.2. The molecule has 0 bridgehead atoms. The number of furan rings is 1. The van der Waals surface area contributed by atoms with Gasteiger partial charge in [0.25, 0.3) is 5.91 Å². The van der Waals surface area contributed by atoms with Crippen molar-refractivity contribution >= 4 is 40.5 Å². The number of amides is 2. The third kappa shape index (κ3) is 4.80. The smallest absolute Gasteiger partial charge is 0.289 e. The van der Waals surface area contributed by atoms with E-state index < -0.39 is 0 Å². The Labute approximate surface area is 226 Å². The average Bonchev–Trinajstić information content (AvgIpc) is 3.57. The highest BCUT2D eigenvalue weighted by Gasteiger charge is 2.42. The van der Waals surface area contributed by atoms with E-state index in [1.165, 1.54) is 7.11 Å². The van der Waals surface area contributed by atoms with Crippen molar-refractivity contribution in [3.05, 3.63) is 58.8 Å². The number of carbonyl (C=O) groups is 2. The zero-order chi connectivity index (χ0) is 26.9. The number of para-hydroxylation sites is 1. The number of piperidine rings is 1. The Morgan fingerprint density at radius 3 is 2.34 bits per heavy atom.